The Morgan fingerprint density at radius 2 is 1.80 bits per heavy atom. The van der Waals surface area contributed by atoms with Gasteiger partial charge in [-0.3, -0.25) is 9.59 Å². The average molecular weight is 567 g/mol. The first kappa shape index (κ1) is 31.2. The van der Waals surface area contributed by atoms with E-state index < -0.39 is 58.3 Å². The fraction of sp³-hybridized carbons (Fsp3) is 0.618. The second-order valence-electron chi connectivity index (χ2n) is 12.9. The predicted octanol–water partition coefficient (Wildman–Crippen LogP) is 5.04. The molecule has 2 N–H and O–H groups in total. The molecule has 224 valence electrons. The second-order valence-corrected chi connectivity index (χ2v) is 12.9. The van der Waals surface area contributed by atoms with Crippen LogP contribution in [0.25, 0.3) is 0 Å². The molecule has 9 atom stereocenters. The zero-order valence-electron chi connectivity index (χ0n) is 25.4. The van der Waals surface area contributed by atoms with Crippen LogP contribution in [-0.4, -0.2) is 51.8 Å². The minimum absolute atomic E-state index is 0.0360. The van der Waals surface area contributed by atoms with Gasteiger partial charge in [0.15, 0.2) is 11.4 Å². The molecule has 2 unspecified atom stereocenters. The monoisotopic (exact) mass is 566 g/mol. The van der Waals surface area contributed by atoms with Crippen LogP contribution in [-0.2, 0) is 23.9 Å². The smallest absolute Gasteiger partial charge is 0.331 e. The van der Waals surface area contributed by atoms with Crippen LogP contribution in [0.3, 0.4) is 0 Å². The minimum atomic E-state index is -1.47. The third kappa shape index (κ3) is 4.89. The lowest BCUT2D eigenvalue weighted by atomic mass is 9.59. The first-order valence-electron chi connectivity index (χ1n) is 15.0. The van der Waals surface area contributed by atoms with Gasteiger partial charge in [0.05, 0.1) is 18.1 Å². The van der Waals surface area contributed by atoms with E-state index in [0.717, 1.165) is 6.42 Å². The molecule has 0 aromatic carbocycles. The molecule has 0 radical (unpaired) electrons. The van der Waals surface area contributed by atoms with E-state index in [1.54, 1.807) is 19.1 Å². The van der Waals surface area contributed by atoms with Gasteiger partial charge in [0.25, 0.3) is 0 Å². The fourth-order valence-electron chi connectivity index (χ4n) is 7.83. The number of aliphatic hydroxyl groups excluding tert-OH is 1. The summed E-state index contributed by atoms with van der Waals surface area (Å²) in [6, 6.07) is 0. The summed E-state index contributed by atoms with van der Waals surface area (Å²) in [4.78, 5) is 39.8. The van der Waals surface area contributed by atoms with Crippen LogP contribution >= 0.6 is 0 Å². The molecule has 7 heteroatoms. The standard InChI is InChI=1S/C34H46O7/c1-8-10-11-12-13-14-15-27(36)40-30-22(5)33(39)25-16-21(4)28(37)24(25)17-23(19-35)18-26(33)29-32(6,7)34(29,30)41-31(38)20(3)9-2/h10-16,18,20,22,24-26,29-30,35,39H,8-9,17,19H2,1-7H3/b11-10+,13-12+,15-14-/t20?,22-,24?,25-,26+,29-,30-,33+,34-/m1/s1. The highest BCUT2D eigenvalue weighted by atomic mass is 16.6. The van der Waals surface area contributed by atoms with Gasteiger partial charge in [-0.15, -0.1) is 0 Å². The number of hydrogen-bond acceptors (Lipinski definition) is 7. The Bertz CT molecular complexity index is 1220. The molecule has 0 aromatic heterocycles. The third-order valence-electron chi connectivity index (χ3n) is 10.4. The van der Waals surface area contributed by atoms with Crippen LogP contribution in [0.4, 0.5) is 0 Å². The van der Waals surface area contributed by atoms with Crippen molar-refractivity contribution in [3.05, 3.63) is 59.8 Å². The number of fused-ring (bicyclic) bond motifs is 5. The molecule has 7 nitrogen and oxygen atoms in total. The van der Waals surface area contributed by atoms with Crippen molar-refractivity contribution < 1.29 is 34.1 Å². The van der Waals surface area contributed by atoms with E-state index in [-0.39, 0.29) is 24.3 Å². The van der Waals surface area contributed by atoms with Gasteiger partial charge < -0.3 is 19.7 Å². The summed E-state index contributed by atoms with van der Waals surface area (Å²) in [7, 11) is 0. The molecule has 2 saturated carbocycles. The Labute approximate surface area is 244 Å². The molecule has 0 saturated heterocycles. The maximum Gasteiger partial charge on any atom is 0.331 e. The molecule has 0 aliphatic heterocycles. The number of aliphatic hydroxyl groups is 2. The van der Waals surface area contributed by atoms with Crippen molar-refractivity contribution in [2.24, 2.45) is 40.9 Å². The summed E-state index contributed by atoms with van der Waals surface area (Å²) < 4.78 is 12.5. The Balaban J connectivity index is 1.81. The van der Waals surface area contributed by atoms with Crippen LogP contribution < -0.4 is 0 Å². The molecule has 0 heterocycles. The SMILES string of the molecule is CC/C=C/C=C/C=C\C(=O)O[C@@H]1[C@@H](C)[C@]2(O)[C@@H]3C=C(C)C(=O)C3CC(CO)=C[C@H]2[C@@H]2C(C)(C)[C@]12OC(=O)C(C)CC. The molecular weight excluding hydrogens is 520 g/mol. The number of carbonyl (C=O) groups is 3. The van der Waals surface area contributed by atoms with Crippen molar-refractivity contribution in [2.45, 2.75) is 85.0 Å². The molecule has 4 aliphatic rings. The fourth-order valence-corrected chi connectivity index (χ4v) is 7.83. The van der Waals surface area contributed by atoms with Gasteiger partial charge in [0, 0.05) is 41.1 Å². The molecule has 0 spiro atoms. The first-order chi connectivity index (χ1) is 19.3. The van der Waals surface area contributed by atoms with Gasteiger partial charge in [-0.1, -0.05) is 84.1 Å². The number of esters is 2. The summed E-state index contributed by atoms with van der Waals surface area (Å²) in [5.74, 6) is -4.00. The molecule has 4 aliphatic carbocycles. The largest absolute Gasteiger partial charge is 0.455 e. The number of rotatable bonds is 9. The summed E-state index contributed by atoms with van der Waals surface area (Å²) in [6.45, 7) is 13.1. The molecule has 0 bridgehead atoms. The van der Waals surface area contributed by atoms with E-state index >= 15 is 0 Å². The number of ether oxygens (including phenoxy) is 2. The van der Waals surface area contributed by atoms with E-state index in [9.17, 15) is 24.6 Å². The lowest BCUT2D eigenvalue weighted by Gasteiger charge is -2.52. The molecular formula is C34H46O7. The maximum atomic E-state index is 13.3. The zero-order valence-corrected chi connectivity index (χ0v) is 25.4. The highest BCUT2D eigenvalue weighted by Crippen LogP contribution is 2.77. The zero-order chi connectivity index (χ0) is 30.3. The van der Waals surface area contributed by atoms with Crippen molar-refractivity contribution in [3.63, 3.8) is 0 Å². The lowest BCUT2D eigenvalue weighted by molar-refractivity contribution is -0.220. The number of Topliss-reactive ketones (excluding diaryl/α,β-unsaturated/α-hetero) is 1. The van der Waals surface area contributed by atoms with Crippen molar-refractivity contribution in [1.82, 2.24) is 0 Å². The summed E-state index contributed by atoms with van der Waals surface area (Å²) in [6.07, 6.45) is 15.0. The van der Waals surface area contributed by atoms with E-state index in [0.29, 0.717) is 24.0 Å². The summed E-state index contributed by atoms with van der Waals surface area (Å²) in [5.41, 5.74) is -2.02. The van der Waals surface area contributed by atoms with Gasteiger partial charge in [0.2, 0.25) is 0 Å². The lowest BCUT2D eigenvalue weighted by Crippen LogP contribution is -2.63. The van der Waals surface area contributed by atoms with E-state index in [4.69, 9.17) is 9.47 Å². The maximum absolute atomic E-state index is 13.3. The normalized spacial score (nSPS) is 38.1. The highest BCUT2D eigenvalue weighted by molar-refractivity contribution is 6.00. The predicted molar refractivity (Wildman–Crippen MR) is 156 cm³/mol. The topological polar surface area (TPSA) is 110 Å². The third-order valence-corrected chi connectivity index (χ3v) is 10.4. The first-order valence-corrected chi connectivity index (χ1v) is 15.0. The number of hydrogen-bond donors (Lipinski definition) is 2. The van der Waals surface area contributed by atoms with Crippen molar-refractivity contribution in [1.29, 1.82) is 0 Å². The van der Waals surface area contributed by atoms with E-state index in [1.807, 2.05) is 71.9 Å². The van der Waals surface area contributed by atoms with Gasteiger partial charge in [0.1, 0.15) is 6.10 Å². The Hall–Kier alpha value is -2.77. The molecule has 0 amide bonds. The average Bonchev–Trinajstić information content (AvgIpc) is 3.33. The number of ketones is 1. The van der Waals surface area contributed by atoms with Crippen LogP contribution in [0.5, 0.6) is 0 Å². The van der Waals surface area contributed by atoms with Crippen LogP contribution in [0, 0.1) is 40.9 Å². The highest BCUT2D eigenvalue weighted by Gasteiger charge is 2.87. The van der Waals surface area contributed by atoms with Crippen LogP contribution in [0.15, 0.2) is 59.8 Å². The van der Waals surface area contributed by atoms with Gasteiger partial charge >= 0.3 is 11.9 Å². The van der Waals surface area contributed by atoms with Crippen LogP contribution in [0.1, 0.15) is 67.7 Å². The summed E-state index contributed by atoms with van der Waals surface area (Å²) in [5, 5.41) is 23.0. The van der Waals surface area contributed by atoms with Gasteiger partial charge in [-0.2, -0.15) is 0 Å². The second kappa shape index (κ2) is 11.5. The van der Waals surface area contributed by atoms with Crippen LogP contribution in [0.2, 0.25) is 0 Å². The molecule has 4 rings (SSSR count). The van der Waals surface area contributed by atoms with E-state index in [1.165, 1.54) is 6.08 Å². The van der Waals surface area contributed by atoms with E-state index in [2.05, 4.69) is 0 Å². The van der Waals surface area contributed by atoms with Crippen molar-refractivity contribution in [2.75, 3.05) is 6.61 Å². The molecule has 41 heavy (non-hydrogen) atoms. The number of carbonyl (C=O) groups excluding carboxylic acids is 3. The number of allylic oxidation sites excluding steroid dienone is 6. The van der Waals surface area contributed by atoms with Crippen molar-refractivity contribution >= 4 is 17.7 Å². The molecule has 2 fully saturated rings. The van der Waals surface area contributed by atoms with Crippen molar-refractivity contribution in [3.8, 4) is 0 Å². The summed E-state index contributed by atoms with van der Waals surface area (Å²) >= 11 is 0. The Morgan fingerprint density at radius 3 is 2.44 bits per heavy atom. The molecule has 0 aromatic rings. The Morgan fingerprint density at radius 1 is 1.12 bits per heavy atom. The van der Waals surface area contributed by atoms with Gasteiger partial charge in [-0.25, -0.2) is 4.79 Å². The Kier molecular flexibility index (Phi) is 8.73. The minimum Gasteiger partial charge on any atom is -0.455 e. The quantitative estimate of drug-likeness (QED) is 0.174. The van der Waals surface area contributed by atoms with Gasteiger partial charge in [-0.05, 0) is 37.3 Å².